The fourth-order valence-corrected chi connectivity index (χ4v) is 2.51. The first-order chi connectivity index (χ1) is 10.1. The maximum Gasteiger partial charge on any atom is 0.307 e. The Bertz CT molecular complexity index is 494. The van der Waals surface area contributed by atoms with E-state index in [0.29, 0.717) is 5.92 Å². The number of piperidine rings is 1. The molecule has 1 aliphatic rings. The second-order valence-electron chi connectivity index (χ2n) is 5.29. The number of carbonyl (C=O) groups is 1. The van der Waals surface area contributed by atoms with Crippen LogP contribution in [0.2, 0.25) is 0 Å². The molecule has 1 amide bonds. The van der Waals surface area contributed by atoms with E-state index < -0.39 is 4.92 Å². The third kappa shape index (κ3) is 4.25. The van der Waals surface area contributed by atoms with E-state index >= 15 is 0 Å². The molecule has 116 valence electrons. The molecule has 1 aliphatic heterocycles. The van der Waals surface area contributed by atoms with Crippen LogP contribution < -0.4 is 5.32 Å². The van der Waals surface area contributed by atoms with E-state index in [9.17, 15) is 14.9 Å². The second kappa shape index (κ2) is 7.16. The van der Waals surface area contributed by atoms with Gasteiger partial charge in [-0.3, -0.25) is 19.6 Å². The Morgan fingerprint density at radius 1 is 1.52 bits per heavy atom. The summed E-state index contributed by atoms with van der Waals surface area (Å²) in [5.41, 5.74) is -0.0906. The van der Waals surface area contributed by atoms with Gasteiger partial charge in [0.05, 0.1) is 4.92 Å². The number of rotatable bonds is 6. The highest BCUT2D eigenvalue weighted by atomic mass is 16.6. The molecular formula is C13H21N5O3. The molecule has 8 heteroatoms. The predicted molar refractivity (Wildman–Crippen MR) is 76.7 cm³/mol. The van der Waals surface area contributed by atoms with Gasteiger partial charge in [0.15, 0.2) is 0 Å². The summed E-state index contributed by atoms with van der Waals surface area (Å²) in [6, 6.07) is 0. The zero-order valence-electron chi connectivity index (χ0n) is 12.2. The minimum absolute atomic E-state index is 0.0325. The number of carbonyl (C=O) groups excluding carboxylic acids is 1. The molecule has 0 bridgehead atoms. The number of nitrogens with zero attached hydrogens (tertiary/aromatic N) is 4. The van der Waals surface area contributed by atoms with Gasteiger partial charge in [0.2, 0.25) is 5.91 Å². The molecule has 0 spiro atoms. The molecule has 21 heavy (non-hydrogen) atoms. The minimum Gasteiger partial charge on any atom is -0.341 e. The van der Waals surface area contributed by atoms with Crippen molar-refractivity contribution in [1.82, 2.24) is 20.0 Å². The topological polar surface area (TPSA) is 93.3 Å². The van der Waals surface area contributed by atoms with E-state index in [1.165, 1.54) is 10.9 Å². The third-order valence-corrected chi connectivity index (χ3v) is 3.78. The molecule has 1 aromatic heterocycles. The van der Waals surface area contributed by atoms with Gasteiger partial charge in [-0.05, 0) is 31.8 Å². The zero-order valence-corrected chi connectivity index (χ0v) is 12.2. The number of nitrogens with one attached hydrogen (secondary N) is 1. The van der Waals surface area contributed by atoms with E-state index in [4.69, 9.17) is 0 Å². The van der Waals surface area contributed by atoms with Crippen molar-refractivity contribution in [3.8, 4) is 0 Å². The lowest BCUT2D eigenvalue weighted by Crippen LogP contribution is -2.42. The van der Waals surface area contributed by atoms with Crippen LogP contribution in [0.15, 0.2) is 12.4 Å². The number of nitro groups is 1. The van der Waals surface area contributed by atoms with Gasteiger partial charge in [0.1, 0.15) is 18.9 Å². The van der Waals surface area contributed by atoms with Gasteiger partial charge in [-0.1, -0.05) is 6.92 Å². The molecule has 0 atom stereocenters. The molecule has 1 fully saturated rings. The average molecular weight is 295 g/mol. The molecule has 1 saturated heterocycles. The van der Waals surface area contributed by atoms with Gasteiger partial charge in [-0.25, -0.2) is 0 Å². The summed E-state index contributed by atoms with van der Waals surface area (Å²) < 4.78 is 1.32. The second-order valence-corrected chi connectivity index (χ2v) is 5.29. The molecule has 2 rings (SSSR count). The highest BCUT2D eigenvalue weighted by Crippen LogP contribution is 2.17. The largest absolute Gasteiger partial charge is 0.341 e. The highest BCUT2D eigenvalue weighted by Gasteiger charge is 2.23. The van der Waals surface area contributed by atoms with Gasteiger partial charge in [-0.2, -0.15) is 5.10 Å². The molecule has 0 unspecified atom stereocenters. The Kier molecular flexibility index (Phi) is 5.26. The SMILES string of the molecule is CCNCC1CCN(C(=O)Cn2cc([N+](=O)[O-])cn2)CC1. The standard InChI is InChI=1S/C13H21N5O3/c1-2-14-7-11-3-5-16(6-4-11)13(19)10-17-9-12(8-15-17)18(20)21/h8-9,11,14H,2-7,10H2,1H3. The van der Waals surface area contributed by atoms with Gasteiger partial charge in [0.25, 0.3) is 0 Å². The first kappa shape index (κ1) is 15.4. The molecule has 0 radical (unpaired) electrons. The maximum absolute atomic E-state index is 12.1. The third-order valence-electron chi connectivity index (χ3n) is 3.78. The maximum atomic E-state index is 12.1. The van der Waals surface area contributed by atoms with Gasteiger partial charge in [0, 0.05) is 13.1 Å². The lowest BCUT2D eigenvalue weighted by atomic mass is 9.97. The molecule has 8 nitrogen and oxygen atoms in total. The number of aromatic nitrogens is 2. The van der Waals surface area contributed by atoms with E-state index in [1.807, 2.05) is 4.90 Å². The lowest BCUT2D eigenvalue weighted by Gasteiger charge is -2.32. The van der Waals surface area contributed by atoms with Crippen LogP contribution in [0, 0.1) is 16.0 Å². The Hall–Kier alpha value is -1.96. The smallest absolute Gasteiger partial charge is 0.307 e. The molecule has 0 aliphatic carbocycles. The van der Waals surface area contributed by atoms with Crippen LogP contribution in [0.4, 0.5) is 5.69 Å². The number of hydrogen-bond acceptors (Lipinski definition) is 5. The van der Waals surface area contributed by atoms with Crippen molar-refractivity contribution < 1.29 is 9.72 Å². The fourth-order valence-electron chi connectivity index (χ4n) is 2.51. The van der Waals surface area contributed by atoms with Crippen LogP contribution >= 0.6 is 0 Å². The molecular weight excluding hydrogens is 274 g/mol. The Labute approximate surface area is 123 Å². The monoisotopic (exact) mass is 295 g/mol. The van der Waals surface area contributed by atoms with Crippen molar-refractivity contribution in [2.45, 2.75) is 26.3 Å². The van der Waals surface area contributed by atoms with Crippen LogP contribution in [0.1, 0.15) is 19.8 Å². The van der Waals surface area contributed by atoms with Crippen LogP contribution in [0.25, 0.3) is 0 Å². The molecule has 1 aromatic rings. The Morgan fingerprint density at radius 2 is 2.24 bits per heavy atom. The van der Waals surface area contributed by atoms with E-state index in [-0.39, 0.29) is 18.1 Å². The van der Waals surface area contributed by atoms with Crippen LogP contribution in [0.5, 0.6) is 0 Å². The lowest BCUT2D eigenvalue weighted by molar-refractivity contribution is -0.385. The van der Waals surface area contributed by atoms with Gasteiger partial charge < -0.3 is 10.2 Å². The van der Waals surface area contributed by atoms with Gasteiger partial charge in [-0.15, -0.1) is 0 Å². The summed E-state index contributed by atoms with van der Waals surface area (Å²) >= 11 is 0. The molecule has 1 N–H and O–H groups in total. The van der Waals surface area contributed by atoms with Gasteiger partial charge >= 0.3 is 5.69 Å². The number of likely N-dealkylation sites (tertiary alicyclic amines) is 1. The first-order valence-electron chi connectivity index (χ1n) is 7.25. The van der Waals surface area contributed by atoms with Crippen LogP contribution in [-0.4, -0.2) is 51.7 Å². The minimum atomic E-state index is -0.514. The average Bonchev–Trinajstić information content (AvgIpc) is 2.94. The Morgan fingerprint density at radius 3 is 2.81 bits per heavy atom. The molecule has 0 saturated carbocycles. The molecule has 0 aromatic carbocycles. The molecule has 2 heterocycles. The summed E-state index contributed by atoms with van der Waals surface area (Å²) in [4.78, 5) is 24.0. The summed E-state index contributed by atoms with van der Waals surface area (Å²) in [7, 11) is 0. The predicted octanol–water partition coefficient (Wildman–Crippen LogP) is 0.639. The van der Waals surface area contributed by atoms with Crippen molar-refractivity contribution in [3.05, 3.63) is 22.5 Å². The van der Waals surface area contributed by atoms with Crippen LogP contribution in [0.3, 0.4) is 0 Å². The van der Waals surface area contributed by atoms with Crippen LogP contribution in [-0.2, 0) is 11.3 Å². The zero-order chi connectivity index (χ0) is 15.2. The van der Waals surface area contributed by atoms with E-state index in [0.717, 1.165) is 45.2 Å². The fraction of sp³-hybridized carbons (Fsp3) is 0.692. The number of amides is 1. The van der Waals surface area contributed by atoms with Crippen molar-refractivity contribution in [3.63, 3.8) is 0 Å². The van der Waals surface area contributed by atoms with E-state index in [2.05, 4.69) is 17.3 Å². The Balaban J connectivity index is 1.80. The summed E-state index contributed by atoms with van der Waals surface area (Å²) in [5, 5.41) is 17.8. The van der Waals surface area contributed by atoms with Crippen molar-refractivity contribution in [1.29, 1.82) is 0 Å². The van der Waals surface area contributed by atoms with Crippen molar-refractivity contribution in [2.75, 3.05) is 26.2 Å². The summed E-state index contributed by atoms with van der Waals surface area (Å²) in [6.45, 7) is 5.62. The highest BCUT2D eigenvalue weighted by molar-refractivity contribution is 5.76. The van der Waals surface area contributed by atoms with E-state index in [1.54, 1.807) is 0 Å². The number of hydrogen-bond donors (Lipinski definition) is 1. The normalized spacial score (nSPS) is 16.1. The quantitative estimate of drug-likeness (QED) is 0.614. The summed E-state index contributed by atoms with van der Waals surface area (Å²) in [5.74, 6) is 0.592. The van der Waals surface area contributed by atoms with Crippen molar-refractivity contribution in [2.24, 2.45) is 5.92 Å². The first-order valence-corrected chi connectivity index (χ1v) is 7.25. The summed E-state index contributed by atoms with van der Waals surface area (Å²) in [6.07, 6.45) is 4.45. The van der Waals surface area contributed by atoms with Crippen molar-refractivity contribution >= 4 is 11.6 Å².